The summed E-state index contributed by atoms with van der Waals surface area (Å²) in [5.74, 6) is 0. The molecule has 0 heterocycles. The highest BCUT2D eigenvalue weighted by Crippen LogP contribution is 2.40. The predicted molar refractivity (Wildman–Crippen MR) is 82.3 cm³/mol. The van der Waals surface area contributed by atoms with Crippen molar-refractivity contribution in [3.05, 3.63) is 35.9 Å². The van der Waals surface area contributed by atoms with Gasteiger partial charge in [0, 0.05) is 18.4 Å². The van der Waals surface area contributed by atoms with Gasteiger partial charge in [-0.25, -0.2) is 0 Å². The van der Waals surface area contributed by atoms with Crippen molar-refractivity contribution in [2.24, 2.45) is 5.41 Å². The van der Waals surface area contributed by atoms with Gasteiger partial charge in [-0.3, -0.25) is 0 Å². The molecule has 100 valence electrons. The molecule has 0 unspecified atom stereocenters. The first kappa shape index (κ1) is 14.1. The highest BCUT2D eigenvalue weighted by molar-refractivity contribution is 9.09. The van der Waals surface area contributed by atoms with E-state index in [2.05, 4.69) is 58.2 Å². The quantitative estimate of drug-likeness (QED) is 0.715. The van der Waals surface area contributed by atoms with Crippen LogP contribution in [0.2, 0.25) is 0 Å². The molecule has 1 aliphatic carbocycles. The van der Waals surface area contributed by atoms with Gasteiger partial charge in [-0.15, -0.1) is 0 Å². The third kappa shape index (κ3) is 3.83. The van der Waals surface area contributed by atoms with Crippen molar-refractivity contribution < 1.29 is 0 Å². The molecule has 0 aliphatic heterocycles. The fourth-order valence-corrected chi connectivity index (χ4v) is 3.81. The van der Waals surface area contributed by atoms with Crippen molar-refractivity contribution >= 4 is 15.9 Å². The molecular formula is C16H24BrN. The Morgan fingerprint density at radius 3 is 2.44 bits per heavy atom. The first-order chi connectivity index (χ1) is 8.74. The Kier molecular flexibility index (Phi) is 5.25. The Balaban J connectivity index is 1.79. The van der Waals surface area contributed by atoms with Gasteiger partial charge in [0.1, 0.15) is 0 Å². The molecule has 0 amide bonds. The first-order valence-electron chi connectivity index (χ1n) is 7.03. The highest BCUT2D eigenvalue weighted by atomic mass is 79.9. The Morgan fingerprint density at radius 1 is 1.17 bits per heavy atom. The lowest BCUT2D eigenvalue weighted by atomic mass is 9.88. The molecule has 1 nitrogen and oxygen atoms in total. The maximum Gasteiger partial charge on any atom is 0.0100 e. The number of nitrogens with zero attached hydrogens (tertiary/aromatic N) is 1. The van der Waals surface area contributed by atoms with E-state index < -0.39 is 0 Å². The van der Waals surface area contributed by atoms with Gasteiger partial charge in [-0.1, -0.05) is 59.1 Å². The number of alkyl halides is 1. The predicted octanol–water partition coefficient (Wildman–Crippen LogP) is 4.12. The summed E-state index contributed by atoms with van der Waals surface area (Å²) >= 11 is 3.73. The molecule has 2 rings (SSSR count). The summed E-state index contributed by atoms with van der Waals surface area (Å²) in [4.78, 5) is 2.51. The molecule has 18 heavy (non-hydrogen) atoms. The summed E-state index contributed by atoms with van der Waals surface area (Å²) in [7, 11) is 2.27. The van der Waals surface area contributed by atoms with Gasteiger partial charge >= 0.3 is 0 Å². The molecular weight excluding hydrogens is 286 g/mol. The van der Waals surface area contributed by atoms with Crippen LogP contribution < -0.4 is 0 Å². The lowest BCUT2D eigenvalue weighted by Crippen LogP contribution is -2.36. The minimum atomic E-state index is 0.547. The van der Waals surface area contributed by atoms with Gasteiger partial charge in [0.2, 0.25) is 0 Å². The third-order valence-corrected chi connectivity index (χ3v) is 5.37. The maximum atomic E-state index is 3.73. The van der Waals surface area contributed by atoms with E-state index in [1.165, 1.54) is 44.3 Å². The monoisotopic (exact) mass is 309 g/mol. The fourth-order valence-electron chi connectivity index (χ4n) is 3.08. The number of hydrogen-bond acceptors (Lipinski definition) is 1. The number of benzene rings is 1. The van der Waals surface area contributed by atoms with E-state index in [4.69, 9.17) is 0 Å². The summed E-state index contributed by atoms with van der Waals surface area (Å²) in [5.41, 5.74) is 1.99. The van der Waals surface area contributed by atoms with Crippen molar-refractivity contribution in [2.45, 2.75) is 32.1 Å². The lowest BCUT2D eigenvalue weighted by molar-refractivity contribution is 0.204. The minimum absolute atomic E-state index is 0.547. The van der Waals surface area contributed by atoms with Crippen LogP contribution in [0.15, 0.2) is 30.3 Å². The minimum Gasteiger partial charge on any atom is -0.305 e. The van der Waals surface area contributed by atoms with Gasteiger partial charge in [0.25, 0.3) is 0 Å². The highest BCUT2D eigenvalue weighted by Gasteiger charge is 2.33. The zero-order chi connectivity index (χ0) is 12.8. The van der Waals surface area contributed by atoms with Crippen LogP contribution in [0.5, 0.6) is 0 Å². The zero-order valence-corrected chi connectivity index (χ0v) is 13.0. The van der Waals surface area contributed by atoms with Crippen LogP contribution in [0.1, 0.15) is 31.2 Å². The maximum absolute atomic E-state index is 3.73. The summed E-state index contributed by atoms with van der Waals surface area (Å²) in [6.07, 6.45) is 6.79. The van der Waals surface area contributed by atoms with Gasteiger partial charge in [0.15, 0.2) is 0 Å². The average molecular weight is 310 g/mol. The van der Waals surface area contributed by atoms with Crippen LogP contribution in [-0.4, -0.2) is 30.4 Å². The molecule has 0 spiro atoms. The summed E-state index contributed by atoms with van der Waals surface area (Å²) in [6.45, 7) is 2.41. The third-order valence-electron chi connectivity index (χ3n) is 4.18. The van der Waals surface area contributed by atoms with E-state index in [1.54, 1.807) is 0 Å². The number of rotatable bonds is 6. The van der Waals surface area contributed by atoms with Gasteiger partial charge < -0.3 is 4.90 Å². The number of halogens is 1. The Bertz CT molecular complexity index is 343. The molecule has 1 aromatic carbocycles. The number of hydrogen-bond donors (Lipinski definition) is 0. The Labute approximate surface area is 120 Å². The molecule has 1 aromatic rings. The van der Waals surface area contributed by atoms with E-state index in [0.29, 0.717) is 5.41 Å². The summed E-state index contributed by atoms with van der Waals surface area (Å²) in [6, 6.07) is 10.8. The average Bonchev–Trinajstić information content (AvgIpc) is 2.87. The molecule has 1 aliphatic rings. The van der Waals surface area contributed by atoms with Crippen LogP contribution in [0.4, 0.5) is 0 Å². The van der Waals surface area contributed by atoms with Crippen molar-refractivity contribution in [2.75, 3.05) is 25.5 Å². The van der Waals surface area contributed by atoms with Crippen molar-refractivity contribution in [3.8, 4) is 0 Å². The van der Waals surface area contributed by atoms with E-state index in [0.717, 1.165) is 11.8 Å². The van der Waals surface area contributed by atoms with Crippen molar-refractivity contribution in [1.82, 2.24) is 4.90 Å². The van der Waals surface area contributed by atoms with Crippen LogP contribution in [-0.2, 0) is 6.42 Å². The second kappa shape index (κ2) is 6.72. The van der Waals surface area contributed by atoms with Gasteiger partial charge in [0.05, 0.1) is 0 Å². The van der Waals surface area contributed by atoms with E-state index in [-0.39, 0.29) is 0 Å². The Morgan fingerprint density at radius 2 is 1.83 bits per heavy atom. The largest absolute Gasteiger partial charge is 0.305 e. The van der Waals surface area contributed by atoms with E-state index in [9.17, 15) is 0 Å². The molecule has 0 N–H and O–H groups in total. The molecule has 2 heteroatoms. The standard InChI is InChI=1S/C16H24BrN/c1-18(12-9-15-7-3-2-4-8-15)14-16(13-17)10-5-6-11-16/h2-4,7-8H,5-6,9-14H2,1H3. The van der Waals surface area contributed by atoms with Gasteiger partial charge in [-0.2, -0.15) is 0 Å². The molecule has 0 bridgehead atoms. The fraction of sp³-hybridized carbons (Fsp3) is 0.625. The molecule has 1 saturated carbocycles. The van der Waals surface area contributed by atoms with E-state index in [1.807, 2.05) is 0 Å². The normalized spacial score (nSPS) is 18.4. The summed E-state index contributed by atoms with van der Waals surface area (Å²) in [5, 5.41) is 1.16. The molecule has 0 aromatic heterocycles. The lowest BCUT2D eigenvalue weighted by Gasteiger charge is -2.32. The van der Waals surface area contributed by atoms with Gasteiger partial charge in [-0.05, 0) is 37.3 Å². The van der Waals surface area contributed by atoms with Crippen LogP contribution in [0, 0.1) is 5.41 Å². The zero-order valence-electron chi connectivity index (χ0n) is 11.4. The van der Waals surface area contributed by atoms with E-state index >= 15 is 0 Å². The molecule has 0 radical (unpaired) electrons. The van der Waals surface area contributed by atoms with Crippen molar-refractivity contribution in [3.63, 3.8) is 0 Å². The smallest absolute Gasteiger partial charge is 0.0100 e. The molecule has 0 saturated heterocycles. The molecule has 0 atom stereocenters. The Hall–Kier alpha value is -0.340. The summed E-state index contributed by atoms with van der Waals surface area (Å²) < 4.78 is 0. The first-order valence-corrected chi connectivity index (χ1v) is 8.15. The van der Waals surface area contributed by atoms with Crippen LogP contribution in [0.25, 0.3) is 0 Å². The van der Waals surface area contributed by atoms with Crippen LogP contribution in [0.3, 0.4) is 0 Å². The second-order valence-corrected chi connectivity index (χ2v) is 6.37. The second-order valence-electron chi connectivity index (χ2n) is 5.81. The van der Waals surface area contributed by atoms with Crippen LogP contribution >= 0.6 is 15.9 Å². The van der Waals surface area contributed by atoms with Crippen molar-refractivity contribution in [1.29, 1.82) is 0 Å². The topological polar surface area (TPSA) is 3.24 Å². The SMILES string of the molecule is CN(CCc1ccccc1)CC1(CBr)CCCC1. The molecule has 1 fully saturated rings. The number of likely N-dealkylation sites (N-methyl/N-ethyl adjacent to an activating group) is 1.